The molecule has 2 aromatic rings. The van der Waals surface area contributed by atoms with Crippen LogP contribution in [0, 0.1) is 16.5 Å². The molecule has 2 aromatic carbocycles. The Morgan fingerprint density at radius 1 is 1.08 bits per heavy atom. The third-order valence-electron chi connectivity index (χ3n) is 5.70. The van der Waals surface area contributed by atoms with Gasteiger partial charge in [0.25, 0.3) is 0 Å². The maximum absolute atomic E-state index is 12.3. The maximum Gasteiger partial charge on any atom is 0.0918 e. The van der Waals surface area contributed by atoms with Crippen molar-refractivity contribution in [2.24, 2.45) is 0 Å². The van der Waals surface area contributed by atoms with Crippen LogP contribution >= 0.6 is 0 Å². The fourth-order valence-corrected chi connectivity index (χ4v) is 4.22. The highest BCUT2D eigenvalue weighted by atomic mass is 16.5. The van der Waals surface area contributed by atoms with Gasteiger partial charge in [0.2, 0.25) is 0 Å². The normalized spacial score (nSPS) is 23.6. The largest absolute Gasteiger partial charge is 0.633 e. The van der Waals surface area contributed by atoms with Crippen molar-refractivity contribution in [2.75, 3.05) is 33.2 Å². The maximum atomic E-state index is 12.3. The standard InChI is InChI=1S/C22H23N3O/c1-25(26)14-12-24(13-15-25)22-16-17-6-2-3-7-18(17)20(10-11-23)19-8-4-5-9-21(19)22/h2-10,22H,12-16H2,1H3/b20-10+. The van der Waals surface area contributed by atoms with Crippen molar-refractivity contribution in [3.8, 4) is 6.07 Å². The van der Waals surface area contributed by atoms with E-state index in [-0.39, 0.29) is 10.7 Å². The van der Waals surface area contributed by atoms with Crippen LogP contribution in [-0.4, -0.2) is 42.8 Å². The van der Waals surface area contributed by atoms with E-state index in [1.165, 1.54) is 11.1 Å². The Hall–Kier alpha value is -2.45. The smallest absolute Gasteiger partial charge is 0.0918 e. The number of likely N-dealkylation sites (N-methyl/N-ethyl adjacent to an activating group) is 1. The number of fused-ring (bicyclic) bond motifs is 2. The Labute approximate surface area is 154 Å². The lowest BCUT2D eigenvalue weighted by molar-refractivity contribution is -0.865. The van der Waals surface area contributed by atoms with Crippen molar-refractivity contribution in [1.82, 2.24) is 4.90 Å². The molecule has 1 atom stereocenters. The van der Waals surface area contributed by atoms with E-state index < -0.39 is 0 Å². The van der Waals surface area contributed by atoms with Crippen LogP contribution in [0.1, 0.15) is 28.3 Å². The molecule has 0 bridgehead atoms. The molecule has 0 aromatic heterocycles. The lowest BCUT2D eigenvalue weighted by atomic mass is 9.93. The molecular formula is C22H23N3O. The molecule has 26 heavy (non-hydrogen) atoms. The highest BCUT2D eigenvalue weighted by molar-refractivity contribution is 5.85. The Morgan fingerprint density at radius 3 is 2.46 bits per heavy atom. The molecule has 1 saturated heterocycles. The molecule has 0 N–H and O–H groups in total. The molecule has 1 unspecified atom stereocenters. The molecular weight excluding hydrogens is 322 g/mol. The summed E-state index contributed by atoms with van der Waals surface area (Å²) in [5, 5.41) is 21.6. The molecule has 4 rings (SSSR count). The van der Waals surface area contributed by atoms with E-state index in [0.29, 0.717) is 13.1 Å². The van der Waals surface area contributed by atoms with Crippen molar-refractivity contribution < 1.29 is 4.65 Å². The van der Waals surface area contributed by atoms with Crippen molar-refractivity contribution >= 4 is 5.57 Å². The number of hydrogen-bond acceptors (Lipinski definition) is 3. The predicted molar refractivity (Wildman–Crippen MR) is 103 cm³/mol. The zero-order chi connectivity index (χ0) is 18.1. The van der Waals surface area contributed by atoms with E-state index in [1.807, 2.05) is 12.1 Å². The Kier molecular flexibility index (Phi) is 4.37. The summed E-state index contributed by atoms with van der Waals surface area (Å²) in [6.45, 7) is 2.86. The van der Waals surface area contributed by atoms with Gasteiger partial charge in [-0.1, -0.05) is 48.5 Å². The summed E-state index contributed by atoms with van der Waals surface area (Å²) in [5.41, 5.74) is 5.80. The SMILES string of the molecule is C[N+]1([O-])CCN(C2Cc3ccccc3/C(=C\C#N)c3ccccc32)CC1. The van der Waals surface area contributed by atoms with Gasteiger partial charge < -0.3 is 9.85 Å². The summed E-state index contributed by atoms with van der Waals surface area (Å²) in [6.07, 6.45) is 2.57. The van der Waals surface area contributed by atoms with Crippen LogP contribution < -0.4 is 0 Å². The molecule has 1 aliphatic carbocycles. The van der Waals surface area contributed by atoms with E-state index in [4.69, 9.17) is 0 Å². The van der Waals surface area contributed by atoms with Crippen LogP contribution in [0.25, 0.3) is 5.57 Å². The minimum Gasteiger partial charge on any atom is -0.633 e. The molecule has 2 aliphatic rings. The second-order valence-corrected chi connectivity index (χ2v) is 7.43. The molecule has 0 spiro atoms. The van der Waals surface area contributed by atoms with Crippen LogP contribution in [0.15, 0.2) is 54.6 Å². The van der Waals surface area contributed by atoms with Crippen LogP contribution in [0.3, 0.4) is 0 Å². The van der Waals surface area contributed by atoms with Gasteiger partial charge >= 0.3 is 0 Å². The third-order valence-corrected chi connectivity index (χ3v) is 5.70. The number of rotatable bonds is 1. The third kappa shape index (κ3) is 3.06. The van der Waals surface area contributed by atoms with E-state index >= 15 is 0 Å². The van der Waals surface area contributed by atoms with Crippen LogP contribution in [0.4, 0.5) is 0 Å². The zero-order valence-corrected chi connectivity index (χ0v) is 15.1. The first kappa shape index (κ1) is 17.0. The van der Waals surface area contributed by atoms with Gasteiger partial charge in [-0.2, -0.15) is 5.26 Å². The second kappa shape index (κ2) is 6.69. The lowest BCUT2D eigenvalue weighted by Crippen LogP contribution is -2.54. The quantitative estimate of drug-likeness (QED) is 0.451. The topological polar surface area (TPSA) is 50.1 Å². The minimum absolute atomic E-state index is 0.152. The molecule has 1 aliphatic heterocycles. The highest BCUT2D eigenvalue weighted by Gasteiger charge is 2.32. The summed E-state index contributed by atoms with van der Waals surface area (Å²) in [6, 6.07) is 19.2. The average molecular weight is 345 g/mol. The molecule has 0 saturated carbocycles. The first-order valence-corrected chi connectivity index (χ1v) is 9.16. The number of hydrogen-bond donors (Lipinski definition) is 0. The number of benzene rings is 2. The molecule has 0 radical (unpaired) electrons. The second-order valence-electron chi connectivity index (χ2n) is 7.43. The van der Waals surface area contributed by atoms with E-state index in [0.717, 1.165) is 36.2 Å². The molecule has 4 heteroatoms. The Morgan fingerprint density at radius 2 is 1.73 bits per heavy atom. The molecule has 1 heterocycles. The van der Waals surface area contributed by atoms with Crippen LogP contribution in [0.2, 0.25) is 0 Å². The zero-order valence-electron chi connectivity index (χ0n) is 15.1. The predicted octanol–water partition coefficient (Wildman–Crippen LogP) is 3.50. The summed E-state index contributed by atoms with van der Waals surface area (Å²) >= 11 is 0. The summed E-state index contributed by atoms with van der Waals surface area (Å²) in [4.78, 5) is 2.45. The molecule has 132 valence electrons. The van der Waals surface area contributed by atoms with Gasteiger partial charge in [0, 0.05) is 25.2 Å². The van der Waals surface area contributed by atoms with Crippen LogP contribution in [0.5, 0.6) is 0 Å². The highest BCUT2D eigenvalue weighted by Crippen LogP contribution is 2.40. The monoisotopic (exact) mass is 345 g/mol. The number of allylic oxidation sites excluding steroid dienone is 1. The number of nitriles is 1. The van der Waals surface area contributed by atoms with Gasteiger partial charge in [-0.05, 0) is 34.2 Å². The summed E-state index contributed by atoms with van der Waals surface area (Å²) < 4.78 is -0.152. The van der Waals surface area contributed by atoms with E-state index in [2.05, 4.69) is 47.4 Å². The molecule has 1 fully saturated rings. The van der Waals surface area contributed by atoms with Gasteiger partial charge in [0.1, 0.15) is 0 Å². The summed E-state index contributed by atoms with van der Waals surface area (Å²) in [7, 11) is 1.77. The number of nitrogens with zero attached hydrogens (tertiary/aromatic N) is 3. The lowest BCUT2D eigenvalue weighted by Gasteiger charge is -2.47. The van der Waals surface area contributed by atoms with Crippen molar-refractivity contribution in [3.05, 3.63) is 82.1 Å². The fraction of sp³-hybridized carbons (Fsp3) is 0.318. The molecule has 4 nitrogen and oxygen atoms in total. The van der Waals surface area contributed by atoms with Gasteiger partial charge in [-0.25, -0.2) is 0 Å². The number of hydroxylamine groups is 3. The van der Waals surface area contributed by atoms with Gasteiger partial charge in [-0.15, -0.1) is 0 Å². The number of piperazine rings is 1. The summed E-state index contributed by atoms with van der Waals surface area (Å²) in [5.74, 6) is 0. The first-order chi connectivity index (χ1) is 12.6. The van der Waals surface area contributed by atoms with Crippen molar-refractivity contribution in [3.63, 3.8) is 0 Å². The van der Waals surface area contributed by atoms with Gasteiger partial charge in [-0.3, -0.25) is 4.90 Å². The van der Waals surface area contributed by atoms with E-state index in [1.54, 1.807) is 13.1 Å². The Balaban J connectivity index is 1.83. The Bertz CT molecular complexity index is 884. The van der Waals surface area contributed by atoms with Crippen LogP contribution in [-0.2, 0) is 6.42 Å². The minimum atomic E-state index is -0.152. The average Bonchev–Trinajstić information content (AvgIpc) is 2.78. The fourth-order valence-electron chi connectivity index (χ4n) is 4.22. The van der Waals surface area contributed by atoms with Gasteiger partial charge in [0.05, 0.1) is 26.2 Å². The molecule has 0 amide bonds. The van der Waals surface area contributed by atoms with Crippen molar-refractivity contribution in [2.45, 2.75) is 12.5 Å². The van der Waals surface area contributed by atoms with Crippen molar-refractivity contribution in [1.29, 1.82) is 5.26 Å². The number of quaternary nitrogens is 1. The first-order valence-electron chi connectivity index (χ1n) is 9.16. The van der Waals surface area contributed by atoms with E-state index in [9.17, 15) is 10.5 Å². The van der Waals surface area contributed by atoms with Gasteiger partial charge in [0.15, 0.2) is 0 Å².